The lowest BCUT2D eigenvalue weighted by molar-refractivity contribution is -0.159. The van der Waals surface area contributed by atoms with Crippen molar-refractivity contribution in [2.24, 2.45) is 0 Å². The van der Waals surface area contributed by atoms with E-state index in [1.54, 1.807) is 32.9 Å². The standard InChI is InChI=1S/C18H22N2O6/c1-6-18(15(23)24,19(5)16(25)26-17(2,3)4)20-13(21)11-9-7-8-10-12(11)14(20)22/h7-10H,6H2,1-5H3,(H,23,24). The molecule has 0 saturated heterocycles. The van der Waals surface area contributed by atoms with Gasteiger partial charge in [-0.3, -0.25) is 14.5 Å². The molecule has 8 nitrogen and oxygen atoms in total. The molecule has 26 heavy (non-hydrogen) atoms. The highest BCUT2D eigenvalue weighted by Gasteiger charge is 2.57. The van der Waals surface area contributed by atoms with Gasteiger partial charge < -0.3 is 9.84 Å². The SMILES string of the molecule is CCC(C(=O)O)(N(C)C(=O)OC(C)(C)C)N1C(=O)c2ccccc2C1=O. The number of amides is 3. The number of ether oxygens (including phenoxy) is 1. The van der Waals surface area contributed by atoms with Crippen molar-refractivity contribution in [3.05, 3.63) is 35.4 Å². The van der Waals surface area contributed by atoms with Gasteiger partial charge in [0.2, 0.25) is 5.66 Å². The average molecular weight is 362 g/mol. The zero-order valence-corrected chi connectivity index (χ0v) is 15.4. The minimum atomic E-state index is -2.20. The normalized spacial score (nSPS) is 16.1. The van der Waals surface area contributed by atoms with Crippen LogP contribution < -0.4 is 0 Å². The molecule has 0 bridgehead atoms. The quantitative estimate of drug-likeness (QED) is 0.825. The molecule has 2 rings (SSSR count). The maximum Gasteiger partial charge on any atom is 0.412 e. The summed E-state index contributed by atoms with van der Waals surface area (Å²) in [5.74, 6) is -3.02. The molecule has 1 aromatic rings. The Morgan fingerprint density at radius 2 is 1.58 bits per heavy atom. The second-order valence-corrected chi connectivity index (χ2v) is 7.01. The van der Waals surface area contributed by atoms with E-state index in [9.17, 15) is 24.3 Å². The highest BCUT2D eigenvalue weighted by Crippen LogP contribution is 2.34. The Labute approximate surface area is 151 Å². The number of benzene rings is 1. The van der Waals surface area contributed by atoms with Crippen LogP contribution in [-0.2, 0) is 9.53 Å². The topological polar surface area (TPSA) is 104 Å². The fourth-order valence-corrected chi connectivity index (χ4v) is 2.94. The number of carbonyl (C=O) groups is 4. The Bertz CT molecular complexity index is 747. The lowest BCUT2D eigenvalue weighted by atomic mass is 10.0. The summed E-state index contributed by atoms with van der Waals surface area (Å²) in [5.41, 5.74) is -2.86. The van der Waals surface area contributed by atoms with Crippen molar-refractivity contribution in [2.75, 3.05) is 7.05 Å². The molecule has 0 aliphatic carbocycles. The number of carbonyl (C=O) groups excluding carboxylic acids is 3. The summed E-state index contributed by atoms with van der Waals surface area (Å²) in [7, 11) is 1.20. The van der Waals surface area contributed by atoms with Crippen LogP contribution in [0.4, 0.5) is 4.79 Å². The van der Waals surface area contributed by atoms with Crippen LogP contribution >= 0.6 is 0 Å². The zero-order chi connectivity index (χ0) is 19.9. The fourth-order valence-electron chi connectivity index (χ4n) is 2.94. The second-order valence-electron chi connectivity index (χ2n) is 7.01. The molecule has 1 unspecified atom stereocenters. The van der Waals surface area contributed by atoms with Crippen molar-refractivity contribution in [1.29, 1.82) is 0 Å². The third kappa shape index (κ3) is 2.91. The van der Waals surface area contributed by atoms with Gasteiger partial charge in [-0.25, -0.2) is 14.5 Å². The van der Waals surface area contributed by atoms with E-state index >= 15 is 0 Å². The molecule has 0 fully saturated rings. The van der Waals surface area contributed by atoms with Crippen molar-refractivity contribution in [3.63, 3.8) is 0 Å². The first kappa shape index (κ1) is 19.4. The number of carboxylic acid groups (broad SMARTS) is 1. The Kier molecular flexibility index (Phi) is 4.81. The highest BCUT2D eigenvalue weighted by atomic mass is 16.6. The van der Waals surface area contributed by atoms with Crippen LogP contribution in [0, 0.1) is 0 Å². The smallest absolute Gasteiger partial charge is 0.412 e. The van der Waals surface area contributed by atoms with Crippen LogP contribution in [0.1, 0.15) is 54.8 Å². The van der Waals surface area contributed by atoms with Gasteiger partial charge in [0.15, 0.2) is 0 Å². The highest BCUT2D eigenvalue weighted by molar-refractivity contribution is 6.23. The fraction of sp³-hybridized carbons (Fsp3) is 0.444. The van der Waals surface area contributed by atoms with Crippen LogP contribution in [0.15, 0.2) is 24.3 Å². The van der Waals surface area contributed by atoms with Crippen molar-refractivity contribution in [2.45, 2.75) is 45.4 Å². The third-order valence-electron chi connectivity index (χ3n) is 4.22. The van der Waals surface area contributed by atoms with Crippen molar-refractivity contribution in [1.82, 2.24) is 9.80 Å². The number of carboxylic acids is 1. The molecule has 8 heteroatoms. The molecule has 0 radical (unpaired) electrons. The summed E-state index contributed by atoms with van der Waals surface area (Å²) >= 11 is 0. The van der Waals surface area contributed by atoms with Crippen molar-refractivity contribution in [3.8, 4) is 0 Å². The van der Waals surface area contributed by atoms with E-state index in [-0.39, 0.29) is 17.5 Å². The number of likely N-dealkylation sites (N-methyl/N-ethyl adjacent to an activating group) is 1. The van der Waals surface area contributed by atoms with E-state index < -0.39 is 35.1 Å². The van der Waals surface area contributed by atoms with E-state index in [0.717, 1.165) is 4.90 Å². The zero-order valence-electron chi connectivity index (χ0n) is 15.4. The van der Waals surface area contributed by atoms with E-state index in [4.69, 9.17) is 4.74 Å². The predicted octanol–water partition coefficient (Wildman–Crippen LogP) is 2.34. The van der Waals surface area contributed by atoms with Crippen LogP contribution in [-0.4, -0.2) is 57.1 Å². The lowest BCUT2D eigenvalue weighted by Crippen LogP contribution is -2.67. The first-order valence-corrected chi connectivity index (χ1v) is 8.15. The second kappa shape index (κ2) is 6.44. The summed E-state index contributed by atoms with van der Waals surface area (Å²) in [6.07, 6.45) is -1.15. The van der Waals surface area contributed by atoms with Crippen LogP contribution in [0.3, 0.4) is 0 Å². The average Bonchev–Trinajstić information content (AvgIpc) is 2.80. The number of rotatable bonds is 4. The first-order valence-electron chi connectivity index (χ1n) is 8.15. The molecular formula is C18H22N2O6. The summed E-state index contributed by atoms with van der Waals surface area (Å²) < 4.78 is 5.24. The number of hydrogen-bond acceptors (Lipinski definition) is 5. The molecule has 1 aromatic carbocycles. The van der Waals surface area contributed by atoms with Crippen molar-refractivity contribution >= 4 is 23.9 Å². The molecule has 0 saturated carbocycles. The van der Waals surface area contributed by atoms with Gasteiger partial charge in [-0.2, -0.15) is 0 Å². The van der Waals surface area contributed by atoms with Gasteiger partial charge in [-0.15, -0.1) is 0 Å². The van der Waals surface area contributed by atoms with Crippen LogP contribution in [0.5, 0.6) is 0 Å². The van der Waals surface area contributed by atoms with E-state index in [2.05, 4.69) is 0 Å². The van der Waals surface area contributed by atoms with Gasteiger partial charge >= 0.3 is 12.1 Å². The van der Waals surface area contributed by atoms with Gasteiger partial charge in [0.1, 0.15) is 5.60 Å². The third-order valence-corrected chi connectivity index (χ3v) is 4.22. The predicted molar refractivity (Wildman–Crippen MR) is 91.6 cm³/mol. The van der Waals surface area contributed by atoms with E-state index in [0.29, 0.717) is 4.90 Å². The van der Waals surface area contributed by atoms with E-state index in [1.165, 1.54) is 26.1 Å². The monoisotopic (exact) mass is 362 g/mol. The van der Waals surface area contributed by atoms with Crippen molar-refractivity contribution < 1.29 is 29.0 Å². The number of aliphatic carboxylic acids is 1. The Balaban J connectivity index is 2.55. The summed E-state index contributed by atoms with van der Waals surface area (Å²) in [6.45, 7) is 6.39. The molecular weight excluding hydrogens is 340 g/mol. The van der Waals surface area contributed by atoms with Gasteiger partial charge in [0.25, 0.3) is 11.8 Å². The largest absolute Gasteiger partial charge is 0.478 e. The maximum atomic E-state index is 12.8. The summed E-state index contributed by atoms with van der Waals surface area (Å²) in [6, 6.07) is 6.07. The molecule has 140 valence electrons. The molecule has 1 atom stereocenters. The molecule has 1 heterocycles. The van der Waals surface area contributed by atoms with E-state index in [1.807, 2.05) is 0 Å². The number of fused-ring (bicyclic) bond motifs is 1. The minimum Gasteiger partial charge on any atom is -0.478 e. The maximum absolute atomic E-state index is 12.8. The van der Waals surface area contributed by atoms with Crippen LogP contribution in [0.2, 0.25) is 0 Å². The first-order chi connectivity index (χ1) is 12.0. The van der Waals surface area contributed by atoms with Gasteiger partial charge in [-0.1, -0.05) is 19.1 Å². The lowest BCUT2D eigenvalue weighted by Gasteiger charge is -2.42. The number of imide groups is 1. The van der Waals surface area contributed by atoms with Crippen LogP contribution in [0.25, 0.3) is 0 Å². The summed E-state index contributed by atoms with van der Waals surface area (Å²) in [5, 5.41) is 9.92. The number of hydrogen-bond donors (Lipinski definition) is 1. The van der Waals surface area contributed by atoms with Gasteiger partial charge in [0.05, 0.1) is 11.1 Å². The molecule has 1 aliphatic heterocycles. The Hall–Kier alpha value is -2.90. The molecule has 0 spiro atoms. The molecule has 1 aliphatic rings. The minimum absolute atomic E-state index is 0.106. The molecule has 1 N–H and O–H groups in total. The summed E-state index contributed by atoms with van der Waals surface area (Å²) in [4.78, 5) is 51.7. The Morgan fingerprint density at radius 1 is 1.12 bits per heavy atom. The van der Waals surface area contributed by atoms with Gasteiger partial charge in [0, 0.05) is 7.05 Å². The molecule has 3 amide bonds. The Morgan fingerprint density at radius 3 is 1.92 bits per heavy atom. The van der Waals surface area contributed by atoms with Gasteiger partial charge in [-0.05, 0) is 39.3 Å². The number of nitrogens with zero attached hydrogens (tertiary/aromatic N) is 2. The molecule has 0 aromatic heterocycles.